The van der Waals surface area contributed by atoms with Crippen LogP contribution in [0.4, 0.5) is 0 Å². The van der Waals surface area contributed by atoms with E-state index in [1.54, 1.807) is 0 Å². The summed E-state index contributed by atoms with van der Waals surface area (Å²) >= 11 is 0. The third kappa shape index (κ3) is 0.920. The van der Waals surface area contributed by atoms with Crippen LogP contribution in [0.5, 0.6) is 0 Å². The zero-order chi connectivity index (χ0) is 5.98. The van der Waals surface area contributed by atoms with E-state index in [2.05, 4.69) is 6.58 Å². The van der Waals surface area contributed by atoms with E-state index in [0.29, 0.717) is 12.0 Å². The van der Waals surface area contributed by atoms with E-state index in [0.717, 1.165) is 0 Å². The lowest BCUT2D eigenvalue weighted by atomic mass is 10.1. The van der Waals surface area contributed by atoms with E-state index < -0.39 is 0 Å². The molecule has 1 heteroatoms. The summed E-state index contributed by atoms with van der Waals surface area (Å²) in [6, 6.07) is 0.410. The molecule has 0 aromatic rings. The largest absolute Gasteiger partial charge is 0.327 e. The van der Waals surface area contributed by atoms with Crippen molar-refractivity contribution in [3.8, 4) is 0 Å². The Hall–Kier alpha value is -0.300. The van der Waals surface area contributed by atoms with Crippen molar-refractivity contribution in [2.45, 2.75) is 25.3 Å². The predicted octanol–water partition coefficient (Wildman–Crippen LogP) is 1.30. The van der Waals surface area contributed by atoms with Crippen LogP contribution in [-0.4, -0.2) is 6.04 Å². The minimum atomic E-state index is 0.410. The highest BCUT2D eigenvalue weighted by molar-refractivity contribution is 4.91. The minimum absolute atomic E-state index is 0.410. The summed E-state index contributed by atoms with van der Waals surface area (Å²) in [5.41, 5.74) is 5.72. The van der Waals surface area contributed by atoms with Crippen LogP contribution in [0, 0.1) is 5.92 Å². The van der Waals surface area contributed by atoms with Gasteiger partial charge in [-0.1, -0.05) is 12.5 Å². The standard InChI is InChI=1S/C7H13N/c1-2-6-4-3-5-7(6)8/h2,6-7H,1,3-5,8H2. The summed E-state index contributed by atoms with van der Waals surface area (Å²) in [7, 11) is 0. The molecule has 1 aliphatic carbocycles. The second kappa shape index (κ2) is 2.31. The molecule has 1 nitrogen and oxygen atoms in total. The second-order valence-corrected chi connectivity index (χ2v) is 2.49. The molecule has 0 amide bonds. The molecule has 0 heterocycles. The summed E-state index contributed by atoms with van der Waals surface area (Å²) in [5, 5.41) is 0. The van der Waals surface area contributed by atoms with Gasteiger partial charge in [-0.25, -0.2) is 0 Å². The molecule has 1 rings (SSSR count). The van der Waals surface area contributed by atoms with Crippen molar-refractivity contribution < 1.29 is 0 Å². The van der Waals surface area contributed by atoms with Crippen molar-refractivity contribution in [3.63, 3.8) is 0 Å². The molecule has 2 atom stereocenters. The summed E-state index contributed by atoms with van der Waals surface area (Å²) in [4.78, 5) is 0. The molecule has 2 N–H and O–H groups in total. The van der Waals surface area contributed by atoms with Crippen LogP contribution in [0.2, 0.25) is 0 Å². The summed E-state index contributed by atoms with van der Waals surface area (Å²) < 4.78 is 0. The predicted molar refractivity (Wildman–Crippen MR) is 35.5 cm³/mol. The molecular formula is C7H13N. The maximum absolute atomic E-state index is 5.72. The maximum atomic E-state index is 5.72. The van der Waals surface area contributed by atoms with Gasteiger partial charge in [0.05, 0.1) is 0 Å². The van der Waals surface area contributed by atoms with Gasteiger partial charge in [-0.15, -0.1) is 6.58 Å². The van der Waals surface area contributed by atoms with Crippen LogP contribution in [0.3, 0.4) is 0 Å². The first-order valence-electron chi connectivity index (χ1n) is 3.22. The average Bonchev–Trinajstić information content (AvgIpc) is 2.14. The molecule has 1 fully saturated rings. The fourth-order valence-electron chi connectivity index (χ4n) is 1.31. The Morgan fingerprint density at radius 1 is 1.50 bits per heavy atom. The fourth-order valence-corrected chi connectivity index (χ4v) is 1.31. The van der Waals surface area contributed by atoms with Gasteiger partial charge in [-0.05, 0) is 18.8 Å². The van der Waals surface area contributed by atoms with Gasteiger partial charge < -0.3 is 5.73 Å². The Balaban J connectivity index is 2.41. The van der Waals surface area contributed by atoms with Crippen molar-refractivity contribution >= 4 is 0 Å². The molecule has 0 aromatic heterocycles. The Bertz CT molecular complexity index is 88.4. The van der Waals surface area contributed by atoms with Gasteiger partial charge in [0.2, 0.25) is 0 Å². The van der Waals surface area contributed by atoms with E-state index >= 15 is 0 Å². The first kappa shape index (κ1) is 5.83. The van der Waals surface area contributed by atoms with E-state index in [-0.39, 0.29) is 0 Å². The lowest BCUT2D eigenvalue weighted by molar-refractivity contribution is 0.583. The zero-order valence-corrected chi connectivity index (χ0v) is 5.14. The summed E-state index contributed by atoms with van der Waals surface area (Å²) in [6.45, 7) is 3.71. The van der Waals surface area contributed by atoms with Crippen molar-refractivity contribution in [3.05, 3.63) is 12.7 Å². The second-order valence-electron chi connectivity index (χ2n) is 2.49. The Kier molecular flexibility index (Phi) is 1.69. The summed E-state index contributed by atoms with van der Waals surface area (Å²) in [6.07, 6.45) is 5.72. The molecule has 0 aliphatic heterocycles. The van der Waals surface area contributed by atoms with Crippen LogP contribution in [0.15, 0.2) is 12.7 Å². The molecule has 0 spiro atoms. The van der Waals surface area contributed by atoms with Crippen LogP contribution < -0.4 is 5.73 Å². The van der Waals surface area contributed by atoms with Crippen LogP contribution in [-0.2, 0) is 0 Å². The maximum Gasteiger partial charge on any atom is 0.0102 e. The molecule has 46 valence electrons. The Morgan fingerprint density at radius 2 is 2.25 bits per heavy atom. The molecule has 8 heavy (non-hydrogen) atoms. The van der Waals surface area contributed by atoms with E-state index in [1.807, 2.05) is 6.08 Å². The first-order valence-corrected chi connectivity index (χ1v) is 3.22. The van der Waals surface area contributed by atoms with E-state index in [1.165, 1.54) is 19.3 Å². The van der Waals surface area contributed by atoms with Gasteiger partial charge in [0.25, 0.3) is 0 Å². The molecular weight excluding hydrogens is 98.1 g/mol. The molecule has 0 saturated heterocycles. The molecule has 1 saturated carbocycles. The van der Waals surface area contributed by atoms with Crippen molar-refractivity contribution in [2.24, 2.45) is 11.7 Å². The lowest BCUT2D eigenvalue weighted by Gasteiger charge is -2.07. The normalized spacial score (nSPS) is 37.6. The first-order chi connectivity index (χ1) is 3.84. The Labute approximate surface area is 50.6 Å². The van der Waals surface area contributed by atoms with Gasteiger partial charge in [-0.2, -0.15) is 0 Å². The third-order valence-electron chi connectivity index (χ3n) is 1.93. The average molecular weight is 111 g/mol. The van der Waals surface area contributed by atoms with E-state index in [4.69, 9.17) is 5.73 Å². The topological polar surface area (TPSA) is 26.0 Å². The fraction of sp³-hybridized carbons (Fsp3) is 0.714. The van der Waals surface area contributed by atoms with Gasteiger partial charge in [0.1, 0.15) is 0 Å². The quantitative estimate of drug-likeness (QED) is 0.507. The van der Waals surface area contributed by atoms with Gasteiger partial charge in [0.15, 0.2) is 0 Å². The summed E-state index contributed by atoms with van der Waals surface area (Å²) in [5.74, 6) is 0.606. The van der Waals surface area contributed by atoms with Crippen LogP contribution >= 0.6 is 0 Å². The van der Waals surface area contributed by atoms with Crippen LogP contribution in [0.1, 0.15) is 19.3 Å². The molecule has 2 unspecified atom stereocenters. The zero-order valence-electron chi connectivity index (χ0n) is 5.14. The lowest BCUT2D eigenvalue weighted by Crippen LogP contribution is -2.22. The molecule has 0 bridgehead atoms. The van der Waals surface area contributed by atoms with E-state index in [9.17, 15) is 0 Å². The number of hydrogen-bond donors (Lipinski definition) is 1. The third-order valence-corrected chi connectivity index (χ3v) is 1.93. The number of rotatable bonds is 1. The monoisotopic (exact) mass is 111 g/mol. The minimum Gasteiger partial charge on any atom is -0.327 e. The highest BCUT2D eigenvalue weighted by Gasteiger charge is 2.19. The molecule has 0 aromatic carbocycles. The SMILES string of the molecule is C=CC1CCCC1N. The van der Waals surface area contributed by atoms with Crippen molar-refractivity contribution in [2.75, 3.05) is 0 Å². The van der Waals surface area contributed by atoms with Crippen molar-refractivity contribution in [1.82, 2.24) is 0 Å². The smallest absolute Gasteiger partial charge is 0.0102 e. The highest BCUT2D eigenvalue weighted by atomic mass is 14.7. The highest BCUT2D eigenvalue weighted by Crippen LogP contribution is 2.23. The van der Waals surface area contributed by atoms with Gasteiger partial charge in [-0.3, -0.25) is 0 Å². The van der Waals surface area contributed by atoms with Crippen molar-refractivity contribution in [1.29, 1.82) is 0 Å². The van der Waals surface area contributed by atoms with Gasteiger partial charge in [0, 0.05) is 6.04 Å². The van der Waals surface area contributed by atoms with Gasteiger partial charge >= 0.3 is 0 Å². The molecule has 0 radical (unpaired) electrons. The number of hydrogen-bond acceptors (Lipinski definition) is 1. The van der Waals surface area contributed by atoms with Crippen LogP contribution in [0.25, 0.3) is 0 Å². The molecule has 1 aliphatic rings. The number of nitrogens with two attached hydrogens (primary N) is 1. The Morgan fingerprint density at radius 3 is 2.50 bits per heavy atom.